The second kappa shape index (κ2) is 7.13. The van der Waals surface area contributed by atoms with Crippen LogP contribution in [0.25, 0.3) is 11.1 Å². The van der Waals surface area contributed by atoms with E-state index in [-0.39, 0.29) is 12.5 Å². The fourth-order valence-corrected chi connectivity index (χ4v) is 3.30. The SMILES string of the molecule is O=C(Cn1c(=O)oc2ccccc21)N1CCN(Cc2ccncc2)CC1. The van der Waals surface area contributed by atoms with Crippen molar-refractivity contribution in [2.24, 2.45) is 0 Å². The second-order valence-corrected chi connectivity index (χ2v) is 6.43. The summed E-state index contributed by atoms with van der Waals surface area (Å²) in [5, 5.41) is 0. The third-order valence-electron chi connectivity index (χ3n) is 4.75. The smallest absolute Gasteiger partial charge is 0.408 e. The highest BCUT2D eigenvalue weighted by Crippen LogP contribution is 2.13. The number of hydrogen-bond donors (Lipinski definition) is 0. The Labute approximate surface area is 150 Å². The van der Waals surface area contributed by atoms with Crippen LogP contribution >= 0.6 is 0 Å². The zero-order valence-electron chi connectivity index (χ0n) is 14.4. The summed E-state index contributed by atoms with van der Waals surface area (Å²) in [6.07, 6.45) is 3.59. The van der Waals surface area contributed by atoms with Gasteiger partial charge in [-0.15, -0.1) is 0 Å². The van der Waals surface area contributed by atoms with Gasteiger partial charge in [0.1, 0.15) is 6.54 Å². The first-order valence-corrected chi connectivity index (χ1v) is 8.68. The van der Waals surface area contributed by atoms with Gasteiger partial charge >= 0.3 is 5.76 Å². The number of oxazole rings is 1. The lowest BCUT2D eigenvalue weighted by Crippen LogP contribution is -2.49. The number of nitrogens with zero attached hydrogens (tertiary/aromatic N) is 4. The maximum Gasteiger partial charge on any atom is 0.420 e. The van der Waals surface area contributed by atoms with Gasteiger partial charge in [-0.25, -0.2) is 4.79 Å². The second-order valence-electron chi connectivity index (χ2n) is 6.43. The molecule has 1 aliphatic heterocycles. The Bertz CT molecular complexity index is 956. The van der Waals surface area contributed by atoms with E-state index in [1.165, 1.54) is 10.1 Å². The lowest BCUT2D eigenvalue weighted by atomic mass is 10.2. The summed E-state index contributed by atoms with van der Waals surface area (Å²) in [6.45, 7) is 3.82. The summed E-state index contributed by atoms with van der Waals surface area (Å²) >= 11 is 0. The van der Waals surface area contributed by atoms with Gasteiger partial charge < -0.3 is 9.32 Å². The normalized spacial score (nSPS) is 15.5. The zero-order valence-corrected chi connectivity index (χ0v) is 14.4. The van der Waals surface area contributed by atoms with Crippen molar-refractivity contribution in [3.8, 4) is 0 Å². The summed E-state index contributed by atoms with van der Waals surface area (Å²) in [6, 6.07) is 11.2. The molecule has 0 bridgehead atoms. The van der Waals surface area contributed by atoms with Crippen molar-refractivity contribution >= 4 is 17.0 Å². The Morgan fingerprint density at radius 1 is 1.04 bits per heavy atom. The van der Waals surface area contributed by atoms with E-state index in [0.717, 1.165) is 19.6 Å². The molecular weight excluding hydrogens is 332 g/mol. The van der Waals surface area contributed by atoms with Gasteiger partial charge in [-0.1, -0.05) is 12.1 Å². The van der Waals surface area contributed by atoms with E-state index in [1.54, 1.807) is 30.6 Å². The molecule has 3 aromatic rings. The molecule has 0 aliphatic carbocycles. The van der Waals surface area contributed by atoms with E-state index in [4.69, 9.17) is 4.42 Å². The van der Waals surface area contributed by atoms with Crippen LogP contribution in [0.5, 0.6) is 0 Å². The Morgan fingerprint density at radius 2 is 1.77 bits per heavy atom. The Morgan fingerprint density at radius 3 is 2.54 bits per heavy atom. The minimum Gasteiger partial charge on any atom is -0.408 e. The molecule has 0 saturated carbocycles. The van der Waals surface area contributed by atoms with Gasteiger partial charge in [-0.2, -0.15) is 0 Å². The molecule has 0 atom stereocenters. The monoisotopic (exact) mass is 352 g/mol. The summed E-state index contributed by atoms with van der Waals surface area (Å²) in [7, 11) is 0. The van der Waals surface area contributed by atoms with Crippen LogP contribution in [0, 0.1) is 0 Å². The number of hydrogen-bond acceptors (Lipinski definition) is 5. The number of benzene rings is 1. The number of amides is 1. The quantitative estimate of drug-likeness (QED) is 0.708. The lowest BCUT2D eigenvalue weighted by molar-refractivity contribution is -0.133. The van der Waals surface area contributed by atoms with Gasteiger partial charge in [0.25, 0.3) is 0 Å². The molecule has 0 unspecified atom stereocenters. The van der Waals surface area contributed by atoms with Crippen LogP contribution in [0.15, 0.2) is 58.0 Å². The minimum absolute atomic E-state index is 0.0141. The highest BCUT2D eigenvalue weighted by molar-refractivity contribution is 5.79. The van der Waals surface area contributed by atoms with Crippen LogP contribution in [0.3, 0.4) is 0 Å². The molecule has 1 fully saturated rings. The molecule has 7 heteroatoms. The van der Waals surface area contributed by atoms with Gasteiger partial charge in [0.05, 0.1) is 5.52 Å². The first-order chi connectivity index (χ1) is 12.7. The fraction of sp³-hybridized carbons (Fsp3) is 0.316. The molecule has 0 spiro atoms. The summed E-state index contributed by atoms with van der Waals surface area (Å²) in [5.41, 5.74) is 2.38. The summed E-state index contributed by atoms with van der Waals surface area (Å²) in [4.78, 5) is 32.8. The number of aromatic nitrogens is 2. The van der Waals surface area contributed by atoms with E-state index < -0.39 is 5.76 Å². The molecule has 7 nitrogen and oxygen atoms in total. The molecule has 1 aliphatic rings. The molecule has 1 amide bonds. The average molecular weight is 352 g/mol. The van der Waals surface area contributed by atoms with E-state index >= 15 is 0 Å². The Kier molecular flexibility index (Phi) is 4.53. The van der Waals surface area contributed by atoms with Gasteiger partial charge in [-0.3, -0.25) is 19.2 Å². The molecular formula is C19H20N4O3. The molecule has 1 saturated heterocycles. The predicted molar refractivity (Wildman–Crippen MR) is 96.6 cm³/mol. The van der Waals surface area contributed by atoms with Crippen molar-refractivity contribution in [2.45, 2.75) is 13.1 Å². The van der Waals surface area contributed by atoms with Crippen molar-refractivity contribution in [3.05, 3.63) is 64.9 Å². The Balaban J connectivity index is 1.38. The molecule has 0 N–H and O–H groups in total. The highest BCUT2D eigenvalue weighted by Gasteiger charge is 2.22. The van der Waals surface area contributed by atoms with Crippen molar-refractivity contribution < 1.29 is 9.21 Å². The molecule has 4 rings (SSSR count). The van der Waals surface area contributed by atoms with E-state index in [2.05, 4.69) is 9.88 Å². The average Bonchev–Trinajstić information content (AvgIpc) is 2.98. The van der Waals surface area contributed by atoms with Gasteiger partial charge in [0.2, 0.25) is 5.91 Å². The predicted octanol–water partition coefficient (Wildman–Crippen LogP) is 1.33. The van der Waals surface area contributed by atoms with Gasteiger partial charge in [-0.05, 0) is 29.8 Å². The fourth-order valence-electron chi connectivity index (χ4n) is 3.30. The summed E-state index contributed by atoms with van der Waals surface area (Å²) in [5.74, 6) is -0.543. The number of fused-ring (bicyclic) bond motifs is 1. The van der Waals surface area contributed by atoms with Crippen LogP contribution in [-0.4, -0.2) is 51.4 Å². The first kappa shape index (κ1) is 16.5. The highest BCUT2D eigenvalue weighted by atomic mass is 16.4. The van der Waals surface area contributed by atoms with Crippen molar-refractivity contribution in [2.75, 3.05) is 26.2 Å². The lowest BCUT2D eigenvalue weighted by Gasteiger charge is -2.34. The van der Waals surface area contributed by atoms with Crippen LogP contribution < -0.4 is 5.76 Å². The van der Waals surface area contributed by atoms with Crippen LogP contribution in [0.4, 0.5) is 0 Å². The third kappa shape index (κ3) is 3.39. The van der Waals surface area contributed by atoms with E-state index in [1.807, 2.05) is 23.1 Å². The van der Waals surface area contributed by atoms with Crippen LogP contribution in [0.1, 0.15) is 5.56 Å². The summed E-state index contributed by atoms with van der Waals surface area (Å²) < 4.78 is 6.60. The molecule has 26 heavy (non-hydrogen) atoms. The number of carbonyl (C=O) groups is 1. The number of pyridine rings is 1. The molecule has 3 heterocycles. The maximum absolute atomic E-state index is 12.6. The maximum atomic E-state index is 12.6. The van der Waals surface area contributed by atoms with E-state index in [0.29, 0.717) is 24.2 Å². The number of rotatable bonds is 4. The minimum atomic E-state index is -0.490. The number of carbonyl (C=O) groups excluding carboxylic acids is 1. The van der Waals surface area contributed by atoms with Crippen molar-refractivity contribution in [1.29, 1.82) is 0 Å². The molecule has 134 valence electrons. The van der Waals surface area contributed by atoms with Crippen molar-refractivity contribution in [3.63, 3.8) is 0 Å². The van der Waals surface area contributed by atoms with Crippen LogP contribution in [-0.2, 0) is 17.9 Å². The first-order valence-electron chi connectivity index (χ1n) is 8.68. The molecule has 1 aromatic carbocycles. The van der Waals surface area contributed by atoms with E-state index in [9.17, 15) is 9.59 Å². The molecule has 0 radical (unpaired) electrons. The molecule has 2 aromatic heterocycles. The number of para-hydroxylation sites is 2. The number of piperazine rings is 1. The standard InChI is InChI=1S/C19H20N4O3/c24-18(14-23-16-3-1-2-4-17(16)26-19(23)25)22-11-9-21(10-12-22)13-15-5-7-20-8-6-15/h1-8H,9-14H2. The largest absolute Gasteiger partial charge is 0.420 e. The zero-order chi connectivity index (χ0) is 17.9. The van der Waals surface area contributed by atoms with Crippen molar-refractivity contribution in [1.82, 2.24) is 19.4 Å². The Hall–Kier alpha value is -2.93. The van der Waals surface area contributed by atoms with Gasteiger partial charge in [0.15, 0.2) is 5.58 Å². The van der Waals surface area contributed by atoms with Gasteiger partial charge in [0, 0.05) is 45.1 Å². The topological polar surface area (TPSA) is 71.6 Å². The third-order valence-corrected chi connectivity index (χ3v) is 4.75. The van der Waals surface area contributed by atoms with Crippen LogP contribution in [0.2, 0.25) is 0 Å².